The molecule has 0 amide bonds. The van der Waals surface area contributed by atoms with Crippen LogP contribution in [0.5, 0.6) is 0 Å². The third-order valence-electron chi connectivity index (χ3n) is 6.44. The van der Waals surface area contributed by atoms with E-state index in [1.807, 2.05) is 7.05 Å². The zero-order valence-corrected chi connectivity index (χ0v) is 17.5. The van der Waals surface area contributed by atoms with Crippen LogP contribution in [0.1, 0.15) is 42.4 Å². The molecule has 2 N–H and O–H groups in total. The first-order valence-corrected chi connectivity index (χ1v) is 10.8. The minimum atomic E-state index is 0.691. The van der Waals surface area contributed by atoms with E-state index in [2.05, 4.69) is 71.5 Å². The lowest BCUT2D eigenvalue weighted by molar-refractivity contribution is 0.214. The van der Waals surface area contributed by atoms with Gasteiger partial charge in [-0.3, -0.25) is 0 Å². The Morgan fingerprint density at radius 2 is 1.93 bits per heavy atom. The van der Waals surface area contributed by atoms with E-state index in [1.165, 1.54) is 71.3 Å². The lowest BCUT2D eigenvalue weighted by Gasteiger charge is -2.32. The molecule has 0 spiro atoms. The molecule has 0 aliphatic carbocycles. The SMILES string of the molecule is CCc1cccc(-c2[nH]c3ccc(C4CCN(CCNC)CC4)cc3c2C)c1. The summed E-state index contributed by atoms with van der Waals surface area (Å²) in [7, 11) is 2.04. The van der Waals surface area contributed by atoms with Crippen LogP contribution < -0.4 is 5.32 Å². The first-order chi connectivity index (χ1) is 13.7. The molecule has 1 saturated heterocycles. The predicted molar refractivity (Wildman–Crippen MR) is 120 cm³/mol. The number of hydrogen-bond donors (Lipinski definition) is 2. The molecule has 1 aromatic heterocycles. The highest BCUT2D eigenvalue weighted by molar-refractivity contribution is 5.91. The Bertz CT molecular complexity index is 932. The lowest BCUT2D eigenvalue weighted by Crippen LogP contribution is -2.37. The van der Waals surface area contributed by atoms with Crippen LogP contribution >= 0.6 is 0 Å². The minimum Gasteiger partial charge on any atom is -0.354 e. The number of rotatable bonds is 6. The van der Waals surface area contributed by atoms with E-state index in [0.717, 1.165) is 13.0 Å². The highest BCUT2D eigenvalue weighted by Crippen LogP contribution is 2.34. The summed E-state index contributed by atoms with van der Waals surface area (Å²) < 4.78 is 0. The highest BCUT2D eigenvalue weighted by atomic mass is 15.1. The maximum Gasteiger partial charge on any atom is 0.0494 e. The minimum absolute atomic E-state index is 0.691. The number of aromatic amines is 1. The molecule has 1 aliphatic rings. The van der Waals surface area contributed by atoms with Crippen molar-refractivity contribution in [3.8, 4) is 11.3 Å². The summed E-state index contributed by atoms with van der Waals surface area (Å²) in [6, 6.07) is 16.0. The number of piperidine rings is 1. The number of likely N-dealkylation sites (tertiary alicyclic amines) is 1. The Labute approximate surface area is 169 Å². The Morgan fingerprint density at radius 3 is 2.68 bits per heavy atom. The molecule has 2 heterocycles. The average Bonchev–Trinajstić information content (AvgIpc) is 3.08. The third kappa shape index (κ3) is 3.87. The summed E-state index contributed by atoms with van der Waals surface area (Å²) in [5.41, 5.74) is 8.09. The summed E-state index contributed by atoms with van der Waals surface area (Å²) in [6.07, 6.45) is 3.61. The standard InChI is InChI=1S/C25H33N3/c1-4-19-6-5-7-22(16-19)25-18(2)23-17-21(8-9-24(23)27-25)20-10-13-28(14-11-20)15-12-26-3/h5-9,16-17,20,26-27H,4,10-15H2,1-3H3. The van der Waals surface area contributed by atoms with Crippen LogP contribution in [-0.2, 0) is 6.42 Å². The van der Waals surface area contributed by atoms with Gasteiger partial charge in [0, 0.05) is 29.7 Å². The van der Waals surface area contributed by atoms with E-state index < -0.39 is 0 Å². The van der Waals surface area contributed by atoms with Crippen molar-refractivity contribution >= 4 is 10.9 Å². The topological polar surface area (TPSA) is 31.1 Å². The largest absolute Gasteiger partial charge is 0.354 e. The molecular formula is C25H33N3. The molecule has 4 rings (SSSR count). The first-order valence-electron chi connectivity index (χ1n) is 10.8. The number of hydrogen-bond acceptors (Lipinski definition) is 2. The van der Waals surface area contributed by atoms with Crippen molar-refractivity contribution in [2.75, 3.05) is 33.2 Å². The van der Waals surface area contributed by atoms with Crippen molar-refractivity contribution in [1.29, 1.82) is 0 Å². The average molecular weight is 376 g/mol. The van der Waals surface area contributed by atoms with Crippen LogP contribution in [-0.4, -0.2) is 43.1 Å². The maximum atomic E-state index is 3.68. The van der Waals surface area contributed by atoms with Crippen molar-refractivity contribution in [3.63, 3.8) is 0 Å². The van der Waals surface area contributed by atoms with E-state index in [1.54, 1.807) is 0 Å². The number of H-pyrrole nitrogens is 1. The Balaban J connectivity index is 1.57. The summed E-state index contributed by atoms with van der Waals surface area (Å²) in [5.74, 6) is 0.691. The first kappa shape index (κ1) is 19.2. The molecule has 28 heavy (non-hydrogen) atoms. The van der Waals surface area contributed by atoms with Crippen LogP contribution in [0.3, 0.4) is 0 Å². The number of fused-ring (bicyclic) bond motifs is 1. The van der Waals surface area contributed by atoms with Crippen LogP contribution in [0, 0.1) is 6.92 Å². The molecule has 2 aromatic carbocycles. The van der Waals surface area contributed by atoms with Gasteiger partial charge in [-0.25, -0.2) is 0 Å². The van der Waals surface area contributed by atoms with Gasteiger partial charge in [-0.05, 0) is 92.7 Å². The normalized spacial score (nSPS) is 16.1. The smallest absolute Gasteiger partial charge is 0.0494 e. The van der Waals surface area contributed by atoms with Gasteiger partial charge in [-0.2, -0.15) is 0 Å². The second-order valence-electron chi connectivity index (χ2n) is 8.20. The van der Waals surface area contributed by atoms with Gasteiger partial charge in [0.15, 0.2) is 0 Å². The molecule has 3 heteroatoms. The second kappa shape index (κ2) is 8.50. The van der Waals surface area contributed by atoms with Crippen LogP contribution in [0.4, 0.5) is 0 Å². The number of likely N-dealkylation sites (N-methyl/N-ethyl adjacent to an activating group) is 1. The molecule has 0 radical (unpaired) electrons. The lowest BCUT2D eigenvalue weighted by atomic mass is 9.88. The number of benzene rings is 2. The van der Waals surface area contributed by atoms with Gasteiger partial charge in [0.1, 0.15) is 0 Å². The van der Waals surface area contributed by atoms with E-state index in [-0.39, 0.29) is 0 Å². The molecule has 0 atom stereocenters. The van der Waals surface area contributed by atoms with Gasteiger partial charge in [0.25, 0.3) is 0 Å². The zero-order valence-electron chi connectivity index (χ0n) is 17.5. The van der Waals surface area contributed by atoms with Crippen LogP contribution in [0.15, 0.2) is 42.5 Å². The fraction of sp³-hybridized carbons (Fsp3) is 0.440. The van der Waals surface area contributed by atoms with Gasteiger partial charge in [-0.1, -0.05) is 31.2 Å². The van der Waals surface area contributed by atoms with Gasteiger partial charge in [-0.15, -0.1) is 0 Å². The van der Waals surface area contributed by atoms with E-state index >= 15 is 0 Å². The van der Waals surface area contributed by atoms with E-state index in [4.69, 9.17) is 0 Å². The molecule has 3 nitrogen and oxygen atoms in total. The number of aryl methyl sites for hydroxylation is 2. The van der Waals surface area contributed by atoms with E-state index in [0.29, 0.717) is 5.92 Å². The fourth-order valence-corrected chi connectivity index (χ4v) is 4.59. The third-order valence-corrected chi connectivity index (χ3v) is 6.44. The van der Waals surface area contributed by atoms with E-state index in [9.17, 15) is 0 Å². The van der Waals surface area contributed by atoms with Crippen LogP contribution in [0.25, 0.3) is 22.2 Å². The summed E-state index contributed by atoms with van der Waals surface area (Å²) in [4.78, 5) is 6.27. The maximum absolute atomic E-state index is 3.68. The van der Waals surface area contributed by atoms with Crippen molar-refractivity contribution < 1.29 is 0 Å². The summed E-state index contributed by atoms with van der Waals surface area (Å²) in [6.45, 7) is 9.15. The number of nitrogens with one attached hydrogen (secondary N) is 2. The summed E-state index contributed by atoms with van der Waals surface area (Å²) >= 11 is 0. The van der Waals surface area contributed by atoms with Gasteiger partial charge >= 0.3 is 0 Å². The summed E-state index contributed by atoms with van der Waals surface area (Å²) in [5, 5.41) is 4.64. The molecule has 1 aliphatic heterocycles. The number of aromatic nitrogens is 1. The molecule has 0 saturated carbocycles. The number of nitrogens with zero attached hydrogens (tertiary/aromatic N) is 1. The second-order valence-corrected chi connectivity index (χ2v) is 8.20. The van der Waals surface area contributed by atoms with Gasteiger partial charge in [0.2, 0.25) is 0 Å². The highest BCUT2D eigenvalue weighted by Gasteiger charge is 2.21. The molecular weight excluding hydrogens is 342 g/mol. The monoisotopic (exact) mass is 375 g/mol. The molecule has 148 valence electrons. The Morgan fingerprint density at radius 1 is 1.11 bits per heavy atom. The molecule has 3 aromatic rings. The zero-order chi connectivity index (χ0) is 19.5. The molecule has 0 bridgehead atoms. The van der Waals surface area contributed by atoms with Crippen LogP contribution in [0.2, 0.25) is 0 Å². The Kier molecular flexibility index (Phi) is 5.84. The molecule has 0 unspecified atom stereocenters. The van der Waals surface area contributed by atoms with Crippen molar-refractivity contribution in [2.24, 2.45) is 0 Å². The van der Waals surface area contributed by atoms with Gasteiger partial charge in [0.05, 0.1) is 0 Å². The predicted octanol–water partition coefficient (Wildman–Crippen LogP) is 5.10. The van der Waals surface area contributed by atoms with Crippen molar-refractivity contribution in [2.45, 2.75) is 39.0 Å². The molecule has 1 fully saturated rings. The van der Waals surface area contributed by atoms with Crippen molar-refractivity contribution in [1.82, 2.24) is 15.2 Å². The quantitative estimate of drug-likeness (QED) is 0.628. The Hall–Kier alpha value is -2.10. The van der Waals surface area contributed by atoms with Gasteiger partial charge < -0.3 is 15.2 Å². The van der Waals surface area contributed by atoms with Crippen molar-refractivity contribution in [3.05, 3.63) is 59.2 Å². The fourth-order valence-electron chi connectivity index (χ4n) is 4.59.